The summed E-state index contributed by atoms with van der Waals surface area (Å²) >= 11 is 0. The number of hydrogen-bond donors (Lipinski definition) is 1. The molecule has 0 spiro atoms. The Balaban J connectivity index is 2.48. The molecule has 0 radical (unpaired) electrons. The van der Waals surface area contributed by atoms with E-state index in [0.717, 1.165) is 25.8 Å². The topological polar surface area (TPSA) is 46.3 Å². The van der Waals surface area contributed by atoms with Gasteiger partial charge >= 0.3 is 0 Å². The number of carbonyl (C=O) groups excluding carboxylic acids is 1. The highest BCUT2D eigenvalue weighted by Crippen LogP contribution is 2.43. The van der Waals surface area contributed by atoms with E-state index in [1.165, 1.54) is 19.3 Å². The zero-order chi connectivity index (χ0) is 13.6. The summed E-state index contributed by atoms with van der Waals surface area (Å²) in [5.41, 5.74) is 5.98. The standard InChI is InChI=1S/C15H30N2O/c1-4-5-6-10-17(13(2)3)14(18)11-15(12-16)8-7-9-15/h13H,4-12,16H2,1-3H3. The second-order valence-electron chi connectivity index (χ2n) is 6.12. The van der Waals surface area contributed by atoms with E-state index >= 15 is 0 Å². The van der Waals surface area contributed by atoms with Gasteiger partial charge in [0.05, 0.1) is 0 Å². The molecule has 3 heteroatoms. The minimum Gasteiger partial charge on any atom is -0.340 e. The first kappa shape index (κ1) is 15.5. The Bertz CT molecular complexity index is 254. The molecule has 3 nitrogen and oxygen atoms in total. The van der Waals surface area contributed by atoms with Gasteiger partial charge in [-0.3, -0.25) is 4.79 Å². The van der Waals surface area contributed by atoms with Crippen molar-refractivity contribution in [2.45, 2.75) is 71.8 Å². The van der Waals surface area contributed by atoms with E-state index in [1.54, 1.807) is 0 Å². The molecule has 2 N–H and O–H groups in total. The molecule has 0 unspecified atom stereocenters. The molecule has 1 amide bonds. The molecule has 0 aliphatic heterocycles. The average Bonchev–Trinajstić information content (AvgIpc) is 2.28. The van der Waals surface area contributed by atoms with Crippen molar-refractivity contribution in [2.24, 2.45) is 11.1 Å². The molecule has 0 aromatic heterocycles. The predicted molar refractivity (Wildman–Crippen MR) is 76.3 cm³/mol. The second kappa shape index (κ2) is 7.13. The first-order valence-corrected chi connectivity index (χ1v) is 7.54. The van der Waals surface area contributed by atoms with E-state index in [1.807, 2.05) is 4.90 Å². The van der Waals surface area contributed by atoms with Crippen molar-refractivity contribution in [1.29, 1.82) is 0 Å². The van der Waals surface area contributed by atoms with Crippen LogP contribution < -0.4 is 5.73 Å². The summed E-state index contributed by atoms with van der Waals surface area (Å²) in [5, 5.41) is 0. The third-order valence-corrected chi connectivity index (χ3v) is 4.32. The van der Waals surface area contributed by atoms with Crippen LogP contribution in [0.5, 0.6) is 0 Å². The van der Waals surface area contributed by atoms with E-state index < -0.39 is 0 Å². The monoisotopic (exact) mass is 254 g/mol. The molecule has 0 saturated heterocycles. The van der Waals surface area contributed by atoms with Gasteiger partial charge in [-0.15, -0.1) is 0 Å². The SMILES string of the molecule is CCCCCN(C(=O)CC1(CN)CCC1)C(C)C. The minimum atomic E-state index is 0.134. The summed E-state index contributed by atoms with van der Waals surface area (Å²) in [6, 6.07) is 0.309. The summed E-state index contributed by atoms with van der Waals surface area (Å²) in [6.07, 6.45) is 7.70. The van der Waals surface area contributed by atoms with Gasteiger partial charge in [0.15, 0.2) is 0 Å². The third kappa shape index (κ3) is 3.98. The summed E-state index contributed by atoms with van der Waals surface area (Å²) in [4.78, 5) is 14.5. The van der Waals surface area contributed by atoms with Gasteiger partial charge in [-0.25, -0.2) is 0 Å². The largest absolute Gasteiger partial charge is 0.340 e. The van der Waals surface area contributed by atoms with Crippen molar-refractivity contribution in [3.8, 4) is 0 Å². The average molecular weight is 254 g/mol. The molecule has 0 heterocycles. The molecule has 1 fully saturated rings. The van der Waals surface area contributed by atoms with Crippen molar-refractivity contribution in [3.05, 3.63) is 0 Å². The van der Waals surface area contributed by atoms with Gasteiger partial charge in [0, 0.05) is 19.0 Å². The number of amides is 1. The van der Waals surface area contributed by atoms with E-state index in [9.17, 15) is 4.79 Å². The first-order chi connectivity index (χ1) is 8.54. The van der Waals surface area contributed by atoms with Crippen LogP contribution in [-0.2, 0) is 4.79 Å². The summed E-state index contributed by atoms with van der Waals surface area (Å²) in [5.74, 6) is 0.311. The fraction of sp³-hybridized carbons (Fsp3) is 0.933. The van der Waals surface area contributed by atoms with Crippen LogP contribution in [0.2, 0.25) is 0 Å². The predicted octanol–water partition coefficient (Wildman–Crippen LogP) is 2.93. The van der Waals surface area contributed by atoms with Crippen LogP contribution in [-0.4, -0.2) is 29.9 Å². The van der Waals surface area contributed by atoms with Gasteiger partial charge in [0.25, 0.3) is 0 Å². The van der Waals surface area contributed by atoms with Crippen molar-refractivity contribution >= 4 is 5.91 Å². The highest BCUT2D eigenvalue weighted by molar-refractivity contribution is 5.77. The Hall–Kier alpha value is -0.570. The van der Waals surface area contributed by atoms with Crippen LogP contribution in [0.3, 0.4) is 0 Å². The zero-order valence-electron chi connectivity index (χ0n) is 12.4. The zero-order valence-corrected chi connectivity index (χ0v) is 12.4. The summed E-state index contributed by atoms with van der Waals surface area (Å²) in [6.45, 7) is 7.99. The molecule has 106 valence electrons. The van der Waals surface area contributed by atoms with Gasteiger partial charge in [-0.05, 0) is 45.1 Å². The Kier molecular flexibility index (Phi) is 6.13. The molecular formula is C15H30N2O. The molecule has 0 aromatic rings. The van der Waals surface area contributed by atoms with Crippen molar-refractivity contribution in [3.63, 3.8) is 0 Å². The van der Waals surface area contributed by atoms with Gasteiger partial charge in [-0.1, -0.05) is 26.2 Å². The maximum atomic E-state index is 12.4. The van der Waals surface area contributed by atoms with Crippen LogP contribution in [0.25, 0.3) is 0 Å². The number of hydrogen-bond acceptors (Lipinski definition) is 2. The van der Waals surface area contributed by atoms with Gasteiger partial charge in [0.2, 0.25) is 5.91 Å². The first-order valence-electron chi connectivity index (χ1n) is 7.54. The number of carbonyl (C=O) groups is 1. The van der Waals surface area contributed by atoms with E-state index in [4.69, 9.17) is 5.73 Å². The Morgan fingerprint density at radius 3 is 2.39 bits per heavy atom. The molecule has 1 aliphatic rings. The van der Waals surface area contributed by atoms with Crippen molar-refractivity contribution < 1.29 is 4.79 Å². The van der Waals surface area contributed by atoms with Crippen LogP contribution in [0.4, 0.5) is 0 Å². The minimum absolute atomic E-state index is 0.134. The number of rotatable bonds is 8. The Labute approximate surface area is 112 Å². The molecule has 1 saturated carbocycles. The smallest absolute Gasteiger partial charge is 0.223 e. The number of nitrogens with two attached hydrogens (primary N) is 1. The second-order valence-corrected chi connectivity index (χ2v) is 6.12. The highest BCUT2D eigenvalue weighted by atomic mass is 16.2. The number of nitrogens with zero attached hydrogens (tertiary/aromatic N) is 1. The van der Waals surface area contributed by atoms with Crippen LogP contribution >= 0.6 is 0 Å². The normalized spacial score (nSPS) is 17.6. The third-order valence-electron chi connectivity index (χ3n) is 4.32. The Morgan fingerprint density at radius 2 is 2.00 bits per heavy atom. The van der Waals surface area contributed by atoms with Crippen LogP contribution in [0.1, 0.15) is 65.7 Å². The lowest BCUT2D eigenvalue weighted by Gasteiger charge is -2.42. The lowest BCUT2D eigenvalue weighted by molar-refractivity contribution is -0.136. The van der Waals surface area contributed by atoms with E-state index in [2.05, 4.69) is 20.8 Å². The van der Waals surface area contributed by atoms with E-state index in [-0.39, 0.29) is 5.41 Å². The molecule has 0 atom stereocenters. The summed E-state index contributed by atoms with van der Waals surface area (Å²) < 4.78 is 0. The molecule has 0 bridgehead atoms. The van der Waals surface area contributed by atoms with Crippen LogP contribution in [0.15, 0.2) is 0 Å². The highest BCUT2D eigenvalue weighted by Gasteiger charge is 2.38. The molecular weight excluding hydrogens is 224 g/mol. The van der Waals surface area contributed by atoms with E-state index in [0.29, 0.717) is 24.9 Å². The lowest BCUT2D eigenvalue weighted by Crippen LogP contribution is -2.45. The van der Waals surface area contributed by atoms with Gasteiger partial charge in [0.1, 0.15) is 0 Å². The van der Waals surface area contributed by atoms with Gasteiger partial charge < -0.3 is 10.6 Å². The maximum Gasteiger partial charge on any atom is 0.223 e. The van der Waals surface area contributed by atoms with Crippen molar-refractivity contribution in [2.75, 3.05) is 13.1 Å². The molecule has 18 heavy (non-hydrogen) atoms. The van der Waals surface area contributed by atoms with Crippen LogP contribution in [0, 0.1) is 5.41 Å². The fourth-order valence-corrected chi connectivity index (χ4v) is 2.76. The lowest BCUT2D eigenvalue weighted by atomic mass is 9.66. The summed E-state index contributed by atoms with van der Waals surface area (Å²) in [7, 11) is 0. The quantitative estimate of drug-likeness (QED) is 0.677. The molecule has 1 rings (SSSR count). The fourth-order valence-electron chi connectivity index (χ4n) is 2.76. The molecule has 0 aromatic carbocycles. The maximum absolute atomic E-state index is 12.4. The van der Waals surface area contributed by atoms with Gasteiger partial charge in [-0.2, -0.15) is 0 Å². The Morgan fingerprint density at radius 1 is 1.33 bits per heavy atom. The number of unbranched alkanes of at least 4 members (excludes halogenated alkanes) is 2. The van der Waals surface area contributed by atoms with Crippen molar-refractivity contribution in [1.82, 2.24) is 4.90 Å². The molecule has 1 aliphatic carbocycles.